The number of imidazole rings is 2. The predicted octanol–water partition coefficient (Wildman–Crippen LogP) is 10.5. The molecule has 0 radical (unpaired) electrons. The van der Waals surface area contributed by atoms with E-state index in [4.69, 9.17) is 52.0 Å². The van der Waals surface area contributed by atoms with Crippen LogP contribution in [-0.2, 0) is 12.8 Å². The number of nitrogens with one attached hydrogen (secondary N) is 5. The summed E-state index contributed by atoms with van der Waals surface area (Å²) in [6.45, 7) is 24.4. The smallest absolute Gasteiger partial charge is 0.413 e. The number of rotatable bonds is 17. The third-order valence-corrected chi connectivity index (χ3v) is 14.4. The zero-order valence-electron chi connectivity index (χ0n) is 51.0. The number of para-hydroxylation sites is 2. The number of amides is 4. The van der Waals surface area contributed by atoms with Crippen LogP contribution in [0.4, 0.5) is 21.0 Å². The first-order valence-corrected chi connectivity index (χ1v) is 30.0. The summed E-state index contributed by atoms with van der Waals surface area (Å²) in [5, 5.41) is 8.72. The predicted molar refractivity (Wildman–Crippen MR) is 345 cm³/mol. The number of piperazine rings is 2. The lowest BCUT2D eigenvalue weighted by Gasteiger charge is -2.36. The summed E-state index contributed by atoms with van der Waals surface area (Å²) in [6.07, 6.45) is 0.752. The molecule has 2 saturated heterocycles. The number of aromatic nitrogens is 4. The van der Waals surface area contributed by atoms with Crippen LogP contribution in [-0.4, -0.2) is 138 Å². The van der Waals surface area contributed by atoms with Crippen molar-refractivity contribution >= 4 is 69.0 Å². The molecule has 0 unspecified atom stereocenters. The monoisotopic (exact) mass is 1200 g/mol. The van der Waals surface area contributed by atoms with Gasteiger partial charge in [0.1, 0.15) is 58.9 Å². The average Bonchev–Trinajstić information content (AvgIpc) is 1.96. The van der Waals surface area contributed by atoms with Crippen LogP contribution < -0.4 is 56.2 Å². The molecule has 10 rings (SSSR count). The van der Waals surface area contributed by atoms with E-state index in [1.807, 2.05) is 41.5 Å². The minimum atomic E-state index is -0.718. The number of aryl methyl sites for hydroxylation is 2. The lowest BCUT2D eigenvalue weighted by atomic mass is 10.1. The van der Waals surface area contributed by atoms with Crippen LogP contribution in [0.25, 0.3) is 44.8 Å². The SMILES string of the molecule is CC(C)(C)NC(=O)Oc1ccc(OCCCl)cc1C(N)=O.CCc1ccc(-c2nc3c(N4CCN(CCOc5ccc(OC(=O)NC(C)(C)C)c(C(N)=O)c5)CC4)cccc3[nH]2)cc1.CCc1ccc(-c2nc3c(N4CCNCC4)cccc3[nH]2)cc1. The van der Waals surface area contributed by atoms with E-state index in [1.54, 1.807) is 12.1 Å². The number of H-pyrrole nitrogens is 2. The lowest BCUT2D eigenvalue weighted by molar-refractivity contribution is 0.0988. The summed E-state index contributed by atoms with van der Waals surface area (Å²) in [4.78, 5) is 71.4. The molecule has 0 atom stereocenters. The van der Waals surface area contributed by atoms with Crippen LogP contribution in [0.1, 0.15) is 87.2 Å². The van der Waals surface area contributed by atoms with E-state index in [9.17, 15) is 19.2 Å². The number of ether oxygens (including phenoxy) is 4. The minimum Gasteiger partial charge on any atom is -0.492 e. The molecule has 2 aromatic heterocycles. The van der Waals surface area contributed by atoms with E-state index in [2.05, 4.69) is 139 Å². The Balaban J connectivity index is 0.000000187. The third kappa shape index (κ3) is 18.1. The van der Waals surface area contributed by atoms with Crippen LogP contribution >= 0.6 is 11.6 Å². The number of carbonyl (C=O) groups excluding carboxylic acids is 4. The fourth-order valence-electron chi connectivity index (χ4n) is 9.81. The number of anilines is 2. The molecular weight excluding hydrogens is 1120 g/mol. The Morgan fingerprint density at radius 2 is 0.989 bits per heavy atom. The van der Waals surface area contributed by atoms with E-state index in [0.29, 0.717) is 30.6 Å². The zero-order valence-corrected chi connectivity index (χ0v) is 51.7. The van der Waals surface area contributed by atoms with Crippen molar-refractivity contribution in [2.45, 2.75) is 79.3 Å². The highest BCUT2D eigenvalue weighted by Gasteiger charge is 2.24. The first kappa shape index (κ1) is 64.2. The van der Waals surface area contributed by atoms with Crippen molar-refractivity contribution in [3.63, 3.8) is 0 Å². The van der Waals surface area contributed by atoms with Crippen LogP contribution in [0.2, 0.25) is 0 Å². The largest absolute Gasteiger partial charge is 0.492 e. The number of nitrogens with zero attached hydrogens (tertiary/aromatic N) is 5. The Morgan fingerprint density at radius 3 is 1.39 bits per heavy atom. The second kappa shape index (κ2) is 29.5. The number of alkyl halides is 1. The van der Waals surface area contributed by atoms with Crippen LogP contribution in [0.3, 0.4) is 0 Å². The van der Waals surface area contributed by atoms with Gasteiger partial charge < -0.3 is 66.1 Å². The standard InChI is InChI=1S/C33H40N6O4.C19H22N4.C14H19ClN2O4/c1-5-22-9-11-23(12-10-22)31-35-26-7-6-8-27(29(26)36-31)39-17-15-38(16-18-39)19-20-42-24-13-14-28(25(21-24)30(34)40)43-32(41)37-33(2,3)4;1-2-14-6-8-15(9-7-14)19-21-16-4-3-5-17(18(16)22-19)23-12-10-20-11-13-23;1-14(2,3)17-13(19)21-11-5-4-9(20-7-6-15)8-10(11)12(16)18/h6-14,21H,5,15-20H2,1-4H3,(H2,34,40)(H,35,36)(H,37,41);3-9,20H,2,10-13H2,1H3,(H,21,22);4-5,8H,6-7H2,1-3H3,(H2,16,18)(H,17,19). The number of halogens is 1. The van der Waals surface area contributed by atoms with Gasteiger partial charge in [0.05, 0.1) is 39.4 Å². The van der Waals surface area contributed by atoms with E-state index in [0.717, 1.165) is 122 Å². The molecule has 0 bridgehead atoms. The van der Waals surface area contributed by atoms with Crippen molar-refractivity contribution in [3.05, 3.63) is 144 Å². The van der Waals surface area contributed by atoms with Gasteiger partial charge in [-0.1, -0.05) is 74.5 Å². The highest BCUT2D eigenvalue weighted by atomic mass is 35.5. The molecule has 6 aromatic carbocycles. The summed E-state index contributed by atoms with van der Waals surface area (Å²) in [7, 11) is 0. The van der Waals surface area contributed by atoms with Gasteiger partial charge in [0.25, 0.3) is 11.8 Å². The molecule has 0 spiro atoms. The van der Waals surface area contributed by atoms with Gasteiger partial charge in [-0.15, -0.1) is 11.6 Å². The molecule has 0 aliphatic carbocycles. The van der Waals surface area contributed by atoms with Crippen molar-refractivity contribution in [2.24, 2.45) is 11.5 Å². The molecule has 4 heterocycles. The number of primary amides is 2. The molecule has 2 fully saturated rings. The molecule has 87 heavy (non-hydrogen) atoms. The minimum absolute atomic E-state index is 0.0612. The number of hydrogen-bond donors (Lipinski definition) is 7. The highest BCUT2D eigenvalue weighted by molar-refractivity contribution is 6.18. The van der Waals surface area contributed by atoms with E-state index < -0.39 is 35.1 Å². The van der Waals surface area contributed by atoms with Gasteiger partial charge in [-0.25, -0.2) is 19.6 Å². The number of carbonyl (C=O) groups is 4. The van der Waals surface area contributed by atoms with Crippen molar-refractivity contribution < 1.29 is 38.1 Å². The summed E-state index contributed by atoms with van der Waals surface area (Å²) < 4.78 is 21.7. The molecule has 20 nitrogen and oxygen atoms in total. The second-order valence-electron chi connectivity index (χ2n) is 23.1. The van der Waals surface area contributed by atoms with Crippen molar-refractivity contribution in [3.8, 4) is 45.8 Å². The first-order chi connectivity index (χ1) is 41.7. The van der Waals surface area contributed by atoms with E-state index >= 15 is 0 Å². The highest BCUT2D eigenvalue weighted by Crippen LogP contribution is 2.32. The zero-order chi connectivity index (χ0) is 62.3. The van der Waals surface area contributed by atoms with Gasteiger partial charge in [0.2, 0.25) is 0 Å². The third-order valence-electron chi connectivity index (χ3n) is 14.2. The number of benzene rings is 6. The van der Waals surface area contributed by atoms with Crippen molar-refractivity contribution in [1.29, 1.82) is 0 Å². The summed E-state index contributed by atoms with van der Waals surface area (Å²) in [6, 6.07) is 39.1. The maximum Gasteiger partial charge on any atom is 0.413 e. The molecule has 460 valence electrons. The van der Waals surface area contributed by atoms with E-state index in [-0.39, 0.29) is 22.6 Å². The van der Waals surface area contributed by atoms with Crippen LogP contribution in [0, 0.1) is 0 Å². The molecule has 2 aliphatic heterocycles. The number of nitrogens with two attached hydrogens (primary N) is 2. The Kier molecular flexibility index (Phi) is 21.8. The molecule has 9 N–H and O–H groups in total. The Hall–Kier alpha value is -8.85. The Labute approximate surface area is 513 Å². The quantitative estimate of drug-likeness (QED) is 0.0419. The number of hydrogen-bond acceptors (Lipinski definition) is 14. The van der Waals surface area contributed by atoms with Crippen LogP contribution in [0.15, 0.2) is 121 Å². The van der Waals surface area contributed by atoms with Gasteiger partial charge >= 0.3 is 12.2 Å². The first-order valence-electron chi connectivity index (χ1n) is 29.5. The number of fused-ring (bicyclic) bond motifs is 2. The maximum atomic E-state index is 12.2. The Bertz CT molecular complexity index is 3620. The van der Waals surface area contributed by atoms with Gasteiger partial charge in [-0.05, 0) is 126 Å². The molecule has 21 heteroatoms. The van der Waals surface area contributed by atoms with Gasteiger partial charge in [-0.3, -0.25) is 14.5 Å². The van der Waals surface area contributed by atoms with Gasteiger partial charge in [-0.2, -0.15) is 0 Å². The topological polar surface area (TPSA) is 260 Å². The normalized spacial score (nSPS) is 13.6. The van der Waals surface area contributed by atoms with Gasteiger partial charge in [0.15, 0.2) is 0 Å². The van der Waals surface area contributed by atoms with Crippen molar-refractivity contribution in [2.75, 3.05) is 87.8 Å². The summed E-state index contributed by atoms with van der Waals surface area (Å²) in [5.74, 6) is 1.80. The lowest BCUT2D eigenvalue weighted by Crippen LogP contribution is -2.47. The second-order valence-corrected chi connectivity index (χ2v) is 23.5. The summed E-state index contributed by atoms with van der Waals surface area (Å²) in [5.41, 5.74) is 21.5. The van der Waals surface area contributed by atoms with Gasteiger partial charge in [0, 0.05) is 81.1 Å². The fraction of sp³-hybridized carbons (Fsp3) is 0.364. The maximum absolute atomic E-state index is 12.2. The van der Waals surface area contributed by atoms with E-state index in [1.165, 1.54) is 41.1 Å². The molecular formula is C66H81ClN12O8. The Morgan fingerprint density at radius 1 is 0.563 bits per heavy atom. The molecule has 8 aromatic rings. The van der Waals surface area contributed by atoms with Crippen LogP contribution in [0.5, 0.6) is 23.0 Å². The molecule has 2 aliphatic rings. The van der Waals surface area contributed by atoms with Crippen molar-refractivity contribution in [1.82, 2.24) is 40.8 Å². The number of aromatic amines is 2. The fourth-order valence-corrected chi connectivity index (χ4v) is 9.88. The molecule has 4 amide bonds. The average molecular weight is 1210 g/mol. The summed E-state index contributed by atoms with van der Waals surface area (Å²) >= 11 is 5.52. The molecule has 0 saturated carbocycles.